The van der Waals surface area contributed by atoms with Crippen molar-refractivity contribution in [3.8, 4) is 5.75 Å². The molecule has 2 aliphatic carbocycles. The van der Waals surface area contributed by atoms with Crippen LogP contribution in [0.4, 0.5) is 16.2 Å². The summed E-state index contributed by atoms with van der Waals surface area (Å²) in [7, 11) is 0. The Hall–Kier alpha value is -3.75. The van der Waals surface area contributed by atoms with Gasteiger partial charge in [-0.25, -0.2) is 4.79 Å². The van der Waals surface area contributed by atoms with E-state index >= 15 is 0 Å². The minimum Gasteiger partial charge on any atom is -0.508 e. The second-order valence-corrected chi connectivity index (χ2v) is 7.62. The summed E-state index contributed by atoms with van der Waals surface area (Å²) in [6.45, 7) is 0. The van der Waals surface area contributed by atoms with Crippen LogP contribution in [0.15, 0.2) is 36.4 Å². The Balaban J connectivity index is 1.51. The van der Waals surface area contributed by atoms with Gasteiger partial charge in [-0.15, -0.1) is 0 Å². The highest BCUT2D eigenvalue weighted by molar-refractivity contribution is 6.01. The number of carbonyl (C=O) groups is 3. The topological polar surface area (TPSA) is 154 Å². The molecule has 2 atom stereocenters. The number of aliphatic carboxylic acids is 1. The summed E-state index contributed by atoms with van der Waals surface area (Å²) in [6, 6.07) is 8.39. The number of nitrogen functional groups attached to an aromatic ring is 1. The van der Waals surface area contributed by atoms with E-state index in [-0.39, 0.29) is 35.5 Å². The zero-order valence-corrected chi connectivity index (χ0v) is 16.0. The Morgan fingerprint density at radius 1 is 1.07 bits per heavy atom. The smallest absolute Gasteiger partial charge is 0.319 e. The molecule has 4 rings (SSSR count). The number of benzene rings is 2. The van der Waals surface area contributed by atoms with Gasteiger partial charge in [0.1, 0.15) is 5.75 Å². The minimum absolute atomic E-state index is 0.00918. The van der Waals surface area contributed by atoms with Gasteiger partial charge in [0.25, 0.3) is 5.91 Å². The van der Waals surface area contributed by atoms with Gasteiger partial charge in [0, 0.05) is 23.0 Å². The molecule has 0 aliphatic heterocycles. The lowest BCUT2D eigenvalue weighted by molar-refractivity contribution is -0.142. The summed E-state index contributed by atoms with van der Waals surface area (Å²) >= 11 is 0. The number of hydrogen-bond acceptors (Lipinski definition) is 5. The first-order chi connectivity index (χ1) is 14.3. The molecule has 0 aromatic heterocycles. The largest absolute Gasteiger partial charge is 0.508 e. The molecule has 156 valence electrons. The van der Waals surface area contributed by atoms with Crippen molar-refractivity contribution in [2.75, 3.05) is 11.1 Å². The summed E-state index contributed by atoms with van der Waals surface area (Å²) in [5, 5.41) is 27.8. The van der Waals surface area contributed by atoms with Crippen molar-refractivity contribution in [3.05, 3.63) is 53.1 Å². The van der Waals surface area contributed by atoms with Crippen LogP contribution in [0, 0.1) is 5.92 Å². The fourth-order valence-corrected chi connectivity index (χ4v) is 3.72. The van der Waals surface area contributed by atoms with Gasteiger partial charge in [-0.2, -0.15) is 0 Å². The fourth-order valence-electron chi connectivity index (χ4n) is 3.72. The van der Waals surface area contributed by atoms with Crippen LogP contribution < -0.4 is 21.7 Å². The van der Waals surface area contributed by atoms with E-state index in [1.54, 1.807) is 18.2 Å². The first kappa shape index (κ1) is 19.6. The lowest BCUT2D eigenvalue weighted by Crippen LogP contribution is -2.35. The number of carboxylic acids is 1. The van der Waals surface area contributed by atoms with Crippen LogP contribution >= 0.6 is 0 Å². The molecule has 1 fully saturated rings. The quantitative estimate of drug-likeness (QED) is 0.414. The number of fused-ring (bicyclic) bond motifs is 1. The van der Waals surface area contributed by atoms with Gasteiger partial charge in [0.2, 0.25) is 0 Å². The molecule has 0 radical (unpaired) electrons. The molecule has 9 heteroatoms. The van der Waals surface area contributed by atoms with Crippen LogP contribution in [0.5, 0.6) is 5.75 Å². The van der Waals surface area contributed by atoms with E-state index in [9.17, 15) is 24.6 Å². The lowest BCUT2D eigenvalue weighted by atomic mass is 10.00. The lowest BCUT2D eigenvalue weighted by Gasteiger charge is -2.20. The molecule has 1 saturated carbocycles. The fraction of sp³-hybridized carbons (Fsp3) is 0.286. The van der Waals surface area contributed by atoms with Gasteiger partial charge >= 0.3 is 12.0 Å². The number of amides is 3. The zero-order chi connectivity index (χ0) is 21.4. The molecule has 0 bridgehead atoms. The van der Waals surface area contributed by atoms with E-state index in [4.69, 9.17) is 5.73 Å². The average Bonchev–Trinajstić information content (AvgIpc) is 3.41. The number of aromatic hydroxyl groups is 1. The number of hydrogen-bond donors (Lipinski definition) is 6. The molecule has 2 aromatic carbocycles. The molecule has 7 N–H and O–H groups in total. The Kier molecular flexibility index (Phi) is 4.94. The second-order valence-electron chi connectivity index (χ2n) is 7.62. The summed E-state index contributed by atoms with van der Waals surface area (Å²) < 4.78 is 0. The molecule has 0 heterocycles. The third-order valence-electron chi connectivity index (χ3n) is 5.42. The summed E-state index contributed by atoms with van der Waals surface area (Å²) in [5.41, 5.74) is 7.87. The first-order valence-electron chi connectivity index (χ1n) is 9.65. The van der Waals surface area contributed by atoms with Crippen LogP contribution in [-0.2, 0) is 11.2 Å². The Bertz CT molecular complexity index is 1030. The number of nitrogens with one attached hydrogen (secondary N) is 3. The van der Waals surface area contributed by atoms with Crippen LogP contribution in [0.1, 0.15) is 40.4 Å². The van der Waals surface area contributed by atoms with Crippen molar-refractivity contribution in [3.63, 3.8) is 0 Å². The number of carbonyl (C=O) groups excluding carboxylic acids is 2. The number of phenols is 1. The second kappa shape index (κ2) is 7.58. The van der Waals surface area contributed by atoms with Gasteiger partial charge < -0.3 is 31.9 Å². The highest BCUT2D eigenvalue weighted by atomic mass is 16.4. The maximum atomic E-state index is 12.8. The molecular weight excluding hydrogens is 388 g/mol. The van der Waals surface area contributed by atoms with Crippen molar-refractivity contribution in [2.45, 2.75) is 31.3 Å². The monoisotopic (exact) mass is 410 g/mol. The van der Waals surface area contributed by atoms with Crippen molar-refractivity contribution < 1.29 is 24.6 Å². The SMILES string of the molecule is Nc1cc(NC(=O)NC2CC2)ccc1C(=O)NC1c2cccc(O)c2CC1C(=O)O. The Labute approximate surface area is 172 Å². The van der Waals surface area contributed by atoms with E-state index in [0.717, 1.165) is 12.8 Å². The van der Waals surface area contributed by atoms with Crippen molar-refractivity contribution >= 4 is 29.3 Å². The van der Waals surface area contributed by atoms with Crippen LogP contribution in [0.25, 0.3) is 0 Å². The minimum atomic E-state index is -1.06. The molecule has 0 spiro atoms. The predicted octanol–water partition coefficient (Wildman–Crippen LogP) is 1.99. The highest BCUT2D eigenvalue weighted by Gasteiger charge is 2.39. The third-order valence-corrected chi connectivity index (χ3v) is 5.42. The molecule has 2 aliphatic rings. The standard InChI is InChI=1S/C21H22N4O5/c22-16-8-11(24-21(30)23-10-4-5-10)6-7-13(16)19(27)25-18-12-2-1-3-17(26)14(12)9-15(18)20(28)29/h1-3,6-8,10,15,18,26H,4-5,9,22H2,(H,25,27)(H,28,29)(H2,23,24,30). The predicted molar refractivity (Wildman–Crippen MR) is 109 cm³/mol. The van der Waals surface area contributed by atoms with Gasteiger partial charge in [-0.1, -0.05) is 12.1 Å². The Morgan fingerprint density at radius 2 is 1.83 bits per heavy atom. The van der Waals surface area contributed by atoms with Crippen LogP contribution in [-0.4, -0.2) is 34.2 Å². The summed E-state index contributed by atoms with van der Waals surface area (Å²) in [6.07, 6.45) is 2.05. The maximum Gasteiger partial charge on any atom is 0.319 e. The van der Waals surface area contributed by atoms with E-state index in [0.29, 0.717) is 16.8 Å². The van der Waals surface area contributed by atoms with E-state index in [1.165, 1.54) is 18.2 Å². The highest BCUT2D eigenvalue weighted by Crippen LogP contribution is 2.40. The van der Waals surface area contributed by atoms with Crippen LogP contribution in [0.2, 0.25) is 0 Å². The number of nitrogens with two attached hydrogens (primary N) is 1. The number of carboxylic acid groups (broad SMARTS) is 1. The van der Waals surface area contributed by atoms with E-state index in [2.05, 4.69) is 16.0 Å². The van der Waals surface area contributed by atoms with E-state index < -0.39 is 23.8 Å². The van der Waals surface area contributed by atoms with Gasteiger partial charge in [0.05, 0.1) is 17.5 Å². The van der Waals surface area contributed by atoms with Gasteiger partial charge in [0.15, 0.2) is 0 Å². The molecule has 3 amide bonds. The van der Waals surface area contributed by atoms with Gasteiger partial charge in [-0.05, 0) is 49.1 Å². The van der Waals surface area contributed by atoms with Crippen molar-refractivity contribution in [2.24, 2.45) is 5.92 Å². The average molecular weight is 410 g/mol. The third kappa shape index (κ3) is 3.86. The van der Waals surface area contributed by atoms with Crippen LogP contribution in [0.3, 0.4) is 0 Å². The molecule has 0 saturated heterocycles. The number of phenolic OH excluding ortho intramolecular Hbond substituents is 1. The first-order valence-corrected chi connectivity index (χ1v) is 9.65. The summed E-state index contributed by atoms with van der Waals surface area (Å²) in [4.78, 5) is 36.4. The summed E-state index contributed by atoms with van der Waals surface area (Å²) in [5.74, 6) is -2.49. The molecule has 2 aromatic rings. The number of anilines is 2. The van der Waals surface area contributed by atoms with Crippen molar-refractivity contribution in [1.82, 2.24) is 10.6 Å². The Morgan fingerprint density at radius 3 is 2.50 bits per heavy atom. The molecular formula is C21H22N4O5. The van der Waals surface area contributed by atoms with E-state index in [1.807, 2.05) is 0 Å². The molecule has 30 heavy (non-hydrogen) atoms. The normalized spacial score (nSPS) is 19.6. The van der Waals surface area contributed by atoms with Gasteiger partial charge in [-0.3, -0.25) is 9.59 Å². The zero-order valence-electron chi connectivity index (χ0n) is 16.0. The maximum absolute atomic E-state index is 12.8. The molecule has 2 unspecified atom stereocenters. The van der Waals surface area contributed by atoms with Crippen molar-refractivity contribution in [1.29, 1.82) is 0 Å². The number of rotatable bonds is 5. The molecule has 9 nitrogen and oxygen atoms in total. The number of urea groups is 1.